The van der Waals surface area contributed by atoms with E-state index < -0.39 is 0 Å². The van der Waals surface area contributed by atoms with Gasteiger partial charge in [0.25, 0.3) is 0 Å². The minimum Gasteiger partial charge on any atom is -0.378 e. The van der Waals surface area contributed by atoms with E-state index >= 15 is 0 Å². The summed E-state index contributed by atoms with van der Waals surface area (Å²) in [6, 6.07) is 12.3. The molecule has 2 aromatic rings. The van der Waals surface area contributed by atoms with Crippen molar-refractivity contribution >= 4 is 29.2 Å². The minimum atomic E-state index is 0.171. The second-order valence-corrected chi connectivity index (χ2v) is 7.80. The maximum absolute atomic E-state index is 12.6. The summed E-state index contributed by atoms with van der Waals surface area (Å²) in [5, 5.41) is 0.841. The number of benzene rings is 1. The quantitative estimate of drug-likeness (QED) is 0.561. The van der Waals surface area contributed by atoms with Crippen molar-refractivity contribution < 1.29 is 9.53 Å². The van der Waals surface area contributed by atoms with Gasteiger partial charge in [-0.2, -0.15) is 0 Å². The van der Waals surface area contributed by atoms with E-state index in [4.69, 9.17) is 4.74 Å². The predicted molar refractivity (Wildman–Crippen MR) is 111 cm³/mol. The Bertz CT molecular complexity index is 777. The molecule has 3 heterocycles. The van der Waals surface area contributed by atoms with E-state index in [0.29, 0.717) is 5.75 Å². The van der Waals surface area contributed by atoms with Crippen LogP contribution in [0.25, 0.3) is 0 Å². The number of thioether (sulfide) groups is 1. The van der Waals surface area contributed by atoms with Crippen molar-refractivity contribution in [2.45, 2.75) is 5.03 Å². The highest BCUT2D eigenvalue weighted by Gasteiger charge is 2.21. The van der Waals surface area contributed by atoms with Gasteiger partial charge in [-0.3, -0.25) is 4.79 Å². The summed E-state index contributed by atoms with van der Waals surface area (Å²) in [6.45, 7) is 6.38. The van der Waals surface area contributed by atoms with Crippen LogP contribution in [0, 0.1) is 0 Å². The Morgan fingerprint density at radius 2 is 1.71 bits per heavy atom. The van der Waals surface area contributed by atoms with Gasteiger partial charge < -0.3 is 19.4 Å². The molecular formula is C20H25N5O2S. The monoisotopic (exact) mass is 399 g/mol. The van der Waals surface area contributed by atoms with Crippen LogP contribution in [0.5, 0.6) is 0 Å². The van der Waals surface area contributed by atoms with E-state index in [1.807, 2.05) is 17.0 Å². The summed E-state index contributed by atoms with van der Waals surface area (Å²) >= 11 is 1.48. The van der Waals surface area contributed by atoms with Crippen LogP contribution in [0.3, 0.4) is 0 Å². The highest BCUT2D eigenvalue weighted by atomic mass is 32.2. The number of hydrogen-bond acceptors (Lipinski definition) is 7. The highest BCUT2D eigenvalue weighted by Crippen LogP contribution is 2.21. The van der Waals surface area contributed by atoms with Gasteiger partial charge >= 0.3 is 0 Å². The molecule has 4 rings (SSSR count). The number of nitrogens with zero attached hydrogens (tertiary/aromatic N) is 5. The van der Waals surface area contributed by atoms with Crippen LogP contribution in [0.15, 0.2) is 47.8 Å². The molecule has 0 aliphatic carbocycles. The molecular weight excluding hydrogens is 374 g/mol. The Morgan fingerprint density at radius 3 is 2.46 bits per heavy atom. The van der Waals surface area contributed by atoms with Crippen molar-refractivity contribution in [3.63, 3.8) is 0 Å². The average Bonchev–Trinajstić information content (AvgIpc) is 2.79. The molecule has 28 heavy (non-hydrogen) atoms. The molecule has 148 valence electrons. The first-order valence-electron chi connectivity index (χ1n) is 9.65. The Labute approximate surface area is 169 Å². The van der Waals surface area contributed by atoms with Crippen molar-refractivity contribution in [2.24, 2.45) is 0 Å². The molecule has 8 heteroatoms. The van der Waals surface area contributed by atoms with Crippen LogP contribution in [-0.2, 0) is 9.53 Å². The van der Waals surface area contributed by atoms with Crippen molar-refractivity contribution in [1.82, 2.24) is 14.9 Å². The van der Waals surface area contributed by atoms with E-state index in [1.54, 1.807) is 6.33 Å². The number of ether oxygens (including phenoxy) is 1. The molecule has 0 bridgehead atoms. The molecule has 2 saturated heterocycles. The van der Waals surface area contributed by atoms with Crippen LogP contribution in [-0.4, -0.2) is 79.0 Å². The molecule has 1 aromatic heterocycles. The van der Waals surface area contributed by atoms with Gasteiger partial charge in [0.15, 0.2) is 0 Å². The summed E-state index contributed by atoms with van der Waals surface area (Å²) in [5.41, 5.74) is 1.22. The number of anilines is 2. The zero-order valence-corrected chi connectivity index (χ0v) is 16.7. The standard InChI is InChI=1S/C20H25N5O2S/c26-20(25-8-6-23(7-9-25)17-4-2-1-3-5-17)15-28-19-14-18(21-16-22-19)24-10-12-27-13-11-24/h1-5,14,16H,6-13,15H2. The number of morpholine rings is 1. The second kappa shape index (κ2) is 9.25. The zero-order chi connectivity index (χ0) is 19.2. The second-order valence-electron chi connectivity index (χ2n) is 6.81. The molecule has 0 saturated carbocycles. The molecule has 2 aliphatic heterocycles. The van der Waals surface area contributed by atoms with Gasteiger partial charge in [-0.15, -0.1) is 0 Å². The average molecular weight is 400 g/mol. The maximum atomic E-state index is 12.6. The first kappa shape index (κ1) is 19.0. The van der Waals surface area contributed by atoms with Gasteiger partial charge in [0.2, 0.25) is 5.91 Å². The SMILES string of the molecule is O=C(CSc1cc(N2CCOCC2)ncn1)N1CCN(c2ccccc2)CC1. The molecule has 2 aliphatic rings. The first-order valence-corrected chi connectivity index (χ1v) is 10.6. The number of carbonyl (C=O) groups is 1. The third-order valence-corrected chi connectivity index (χ3v) is 5.97. The van der Waals surface area contributed by atoms with Gasteiger partial charge in [0, 0.05) is 51.0 Å². The summed E-state index contributed by atoms with van der Waals surface area (Å²) in [5.74, 6) is 1.49. The van der Waals surface area contributed by atoms with Crippen LogP contribution in [0.2, 0.25) is 0 Å². The Balaban J connectivity index is 1.27. The third kappa shape index (κ3) is 4.74. The van der Waals surface area contributed by atoms with Crippen molar-refractivity contribution in [2.75, 3.05) is 68.0 Å². The van der Waals surface area contributed by atoms with Crippen LogP contribution < -0.4 is 9.80 Å². The molecule has 0 atom stereocenters. The maximum Gasteiger partial charge on any atom is 0.233 e. The summed E-state index contributed by atoms with van der Waals surface area (Å²) in [4.78, 5) is 27.8. The third-order valence-electron chi connectivity index (χ3n) is 5.06. The fourth-order valence-electron chi connectivity index (χ4n) is 3.45. The fraction of sp³-hybridized carbons (Fsp3) is 0.450. The van der Waals surface area contributed by atoms with Crippen LogP contribution in [0.4, 0.5) is 11.5 Å². The van der Waals surface area contributed by atoms with E-state index in [-0.39, 0.29) is 5.91 Å². The Kier molecular flexibility index (Phi) is 6.28. The number of hydrogen-bond donors (Lipinski definition) is 0. The Morgan fingerprint density at radius 1 is 0.964 bits per heavy atom. The van der Waals surface area contributed by atoms with Gasteiger partial charge in [0.05, 0.1) is 19.0 Å². The molecule has 0 spiro atoms. The van der Waals surface area contributed by atoms with Crippen molar-refractivity contribution in [1.29, 1.82) is 0 Å². The van der Waals surface area contributed by atoms with E-state index in [1.165, 1.54) is 17.4 Å². The number of rotatable bonds is 5. The lowest BCUT2D eigenvalue weighted by Gasteiger charge is -2.36. The highest BCUT2D eigenvalue weighted by molar-refractivity contribution is 7.99. The van der Waals surface area contributed by atoms with Gasteiger partial charge in [-0.25, -0.2) is 9.97 Å². The van der Waals surface area contributed by atoms with Crippen molar-refractivity contribution in [3.8, 4) is 0 Å². The molecule has 7 nitrogen and oxygen atoms in total. The topological polar surface area (TPSA) is 61.8 Å². The zero-order valence-electron chi connectivity index (χ0n) is 15.9. The fourth-order valence-corrected chi connectivity index (χ4v) is 4.22. The van der Waals surface area contributed by atoms with Crippen LogP contribution >= 0.6 is 11.8 Å². The van der Waals surface area contributed by atoms with Crippen LogP contribution in [0.1, 0.15) is 0 Å². The largest absolute Gasteiger partial charge is 0.378 e. The smallest absolute Gasteiger partial charge is 0.233 e. The van der Waals surface area contributed by atoms with Gasteiger partial charge in [-0.1, -0.05) is 30.0 Å². The number of aromatic nitrogens is 2. The lowest BCUT2D eigenvalue weighted by Crippen LogP contribution is -2.49. The Hall–Kier alpha value is -2.32. The molecule has 0 radical (unpaired) electrons. The normalized spacial score (nSPS) is 17.6. The van der Waals surface area contributed by atoms with Gasteiger partial charge in [-0.05, 0) is 12.1 Å². The van der Waals surface area contributed by atoms with E-state index in [0.717, 1.165) is 63.3 Å². The molecule has 2 fully saturated rings. The predicted octanol–water partition coefficient (Wildman–Crippen LogP) is 1.75. The summed E-state index contributed by atoms with van der Waals surface area (Å²) in [7, 11) is 0. The summed E-state index contributed by atoms with van der Waals surface area (Å²) in [6.07, 6.45) is 1.58. The van der Waals surface area contributed by atoms with E-state index in [2.05, 4.69) is 44.0 Å². The number of para-hydroxylation sites is 1. The van der Waals surface area contributed by atoms with E-state index in [9.17, 15) is 4.79 Å². The van der Waals surface area contributed by atoms with Gasteiger partial charge in [0.1, 0.15) is 17.2 Å². The lowest BCUT2D eigenvalue weighted by molar-refractivity contribution is -0.128. The summed E-state index contributed by atoms with van der Waals surface area (Å²) < 4.78 is 5.39. The first-order chi connectivity index (χ1) is 13.8. The van der Waals surface area contributed by atoms with Crippen molar-refractivity contribution in [3.05, 3.63) is 42.7 Å². The molecule has 1 amide bonds. The lowest BCUT2D eigenvalue weighted by atomic mass is 10.2. The molecule has 0 unspecified atom stereocenters. The number of carbonyl (C=O) groups excluding carboxylic acids is 1. The minimum absolute atomic E-state index is 0.171. The molecule has 0 N–H and O–H groups in total. The number of amides is 1. The molecule has 1 aromatic carbocycles. The number of piperazine rings is 1.